The number of alkyl halides is 5. The number of hydrogen-bond acceptors (Lipinski definition) is 6. The van der Waals surface area contributed by atoms with Crippen LogP contribution in [0.15, 0.2) is 36.8 Å². The molecule has 38 heavy (non-hydrogen) atoms. The standard InChI is InChI=1S/C26H29F5N4O3/c1-14-7-25(37,15-3-4-20(23(27)28)32-11-15)8-16(34-14)12-38-18-5-19(26(29,30)31)22-21(6-18)33-13-35(22)17-9-24(2,36)10-17/h3-6,11,13-14,16-17,23,34,36-37H,7-10,12H2,1-2H3. The van der Waals surface area contributed by atoms with Crippen LogP contribution in [0.4, 0.5) is 22.0 Å². The van der Waals surface area contributed by atoms with Crippen molar-refractivity contribution in [2.75, 3.05) is 6.61 Å². The van der Waals surface area contributed by atoms with Gasteiger partial charge in [-0.1, -0.05) is 6.07 Å². The van der Waals surface area contributed by atoms with Gasteiger partial charge in [-0.3, -0.25) is 4.98 Å². The third-order valence-electron chi connectivity index (χ3n) is 7.44. The van der Waals surface area contributed by atoms with Gasteiger partial charge in [0, 0.05) is 36.0 Å². The van der Waals surface area contributed by atoms with Crippen molar-refractivity contribution in [3.8, 4) is 5.75 Å². The lowest BCUT2D eigenvalue weighted by Crippen LogP contribution is -2.53. The second kappa shape index (κ2) is 9.42. The molecule has 12 heteroatoms. The molecule has 1 aliphatic carbocycles. The summed E-state index contributed by atoms with van der Waals surface area (Å²) in [5.74, 6) is -0.0119. The number of benzene rings is 1. The Morgan fingerprint density at radius 2 is 1.87 bits per heavy atom. The Kier molecular flexibility index (Phi) is 6.64. The normalized spacial score (nSPS) is 30.0. The van der Waals surface area contributed by atoms with Gasteiger partial charge in [-0.15, -0.1) is 0 Å². The molecule has 3 N–H and O–H groups in total. The summed E-state index contributed by atoms with van der Waals surface area (Å²) in [6, 6.07) is 4.10. The number of pyridine rings is 1. The summed E-state index contributed by atoms with van der Waals surface area (Å²) in [5, 5.41) is 24.6. The van der Waals surface area contributed by atoms with Gasteiger partial charge in [0.15, 0.2) is 0 Å². The number of piperidine rings is 1. The fourth-order valence-electron chi connectivity index (χ4n) is 5.74. The molecule has 0 amide bonds. The predicted octanol–water partition coefficient (Wildman–Crippen LogP) is 4.88. The van der Waals surface area contributed by atoms with Crippen LogP contribution in [0.3, 0.4) is 0 Å². The molecule has 1 saturated heterocycles. The zero-order chi connectivity index (χ0) is 27.5. The zero-order valence-corrected chi connectivity index (χ0v) is 20.8. The van der Waals surface area contributed by atoms with E-state index in [1.165, 1.54) is 35.3 Å². The molecule has 0 radical (unpaired) electrons. The Morgan fingerprint density at radius 1 is 1.13 bits per heavy atom. The molecule has 5 rings (SSSR count). The summed E-state index contributed by atoms with van der Waals surface area (Å²) in [6.07, 6.45) is -3.66. The Hall–Kier alpha value is -2.83. The van der Waals surface area contributed by atoms with E-state index in [1.807, 2.05) is 6.92 Å². The molecule has 3 atom stereocenters. The summed E-state index contributed by atoms with van der Waals surface area (Å²) < 4.78 is 75.2. The maximum Gasteiger partial charge on any atom is 0.418 e. The minimum absolute atomic E-state index is 0.0119. The molecule has 3 heterocycles. The zero-order valence-electron chi connectivity index (χ0n) is 20.8. The quantitative estimate of drug-likeness (QED) is 0.386. The van der Waals surface area contributed by atoms with E-state index >= 15 is 0 Å². The number of imidazole rings is 1. The fourth-order valence-corrected chi connectivity index (χ4v) is 5.74. The van der Waals surface area contributed by atoms with Gasteiger partial charge in [0.1, 0.15) is 18.1 Å². The number of halogens is 5. The van der Waals surface area contributed by atoms with Crippen molar-refractivity contribution < 1.29 is 36.9 Å². The van der Waals surface area contributed by atoms with Crippen molar-refractivity contribution in [1.29, 1.82) is 0 Å². The Balaban J connectivity index is 1.35. The molecule has 7 nitrogen and oxygen atoms in total. The van der Waals surface area contributed by atoms with Crippen molar-refractivity contribution in [3.63, 3.8) is 0 Å². The summed E-state index contributed by atoms with van der Waals surface area (Å²) in [4.78, 5) is 7.92. The van der Waals surface area contributed by atoms with Crippen molar-refractivity contribution >= 4 is 11.0 Å². The first kappa shape index (κ1) is 26.8. The van der Waals surface area contributed by atoms with E-state index in [2.05, 4.69) is 15.3 Å². The first-order valence-corrected chi connectivity index (χ1v) is 12.4. The van der Waals surface area contributed by atoms with Crippen LogP contribution in [-0.2, 0) is 11.8 Å². The average Bonchev–Trinajstić information content (AvgIpc) is 3.23. The lowest BCUT2D eigenvalue weighted by molar-refractivity contribution is -0.136. The second-order valence-electron chi connectivity index (χ2n) is 10.8. The Bertz CT molecular complexity index is 1300. The van der Waals surface area contributed by atoms with Gasteiger partial charge in [0.05, 0.1) is 34.1 Å². The molecule has 1 saturated carbocycles. The molecule has 0 spiro atoms. The average molecular weight is 541 g/mol. The molecular formula is C26H29F5N4O3. The third-order valence-corrected chi connectivity index (χ3v) is 7.44. The Morgan fingerprint density at radius 3 is 2.47 bits per heavy atom. The molecular weight excluding hydrogens is 511 g/mol. The lowest BCUT2D eigenvalue weighted by atomic mass is 9.77. The minimum atomic E-state index is -4.66. The van der Waals surface area contributed by atoms with Crippen molar-refractivity contribution in [2.45, 2.75) is 81.5 Å². The third kappa shape index (κ3) is 5.21. The van der Waals surface area contributed by atoms with Crippen molar-refractivity contribution in [2.24, 2.45) is 0 Å². The predicted molar refractivity (Wildman–Crippen MR) is 128 cm³/mol. The number of nitrogens with zero attached hydrogens (tertiary/aromatic N) is 3. The van der Waals surface area contributed by atoms with Crippen LogP contribution in [0.5, 0.6) is 5.75 Å². The second-order valence-corrected chi connectivity index (χ2v) is 10.8. The fraction of sp³-hybridized carbons (Fsp3) is 0.538. The highest BCUT2D eigenvalue weighted by atomic mass is 19.4. The van der Waals surface area contributed by atoms with Gasteiger partial charge >= 0.3 is 6.18 Å². The van der Waals surface area contributed by atoms with Crippen LogP contribution in [0.1, 0.15) is 68.8 Å². The van der Waals surface area contributed by atoms with E-state index in [1.54, 1.807) is 6.92 Å². The number of fused-ring (bicyclic) bond motifs is 1. The van der Waals surface area contributed by atoms with Crippen LogP contribution in [0, 0.1) is 0 Å². The highest BCUT2D eigenvalue weighted by molar-refractivity contribution is 5.82. The van der Waals surface area contributed by atoms with Gasteiger partial charge in [0.2, 0.25) is 0 Å². The maximum atomic E-state index is 14.1. The van der Waals surface area contributed by atoms with Gasteiger partial charge in [-0.2, -0.15) is 13.2 Å². The van der Waals surface area contributed by atoms with Gasteiger partial charge in [-0.05, 0) is 51.7 Å². The smallest absolute Gasteiger partial charge is 0.418 e. The van der Waals surface area contributed by atoms with E-state index in [4.69, 9.17) is 4.74 Å². The molecule has 2 fully saturated rings. The van der Waals surface area contributed by atoms with Crippen LogP contribution >= 0.6 is 0 Å². The molecule has 2 aromatic heterocycles. The molecule has 2 aliphatic rings. The number of nitrogens with one attached hydrogen (secondary N) is 1. The van der Waals surface area contributed by atoms with E-state index < -0.39 is 35.4 Å². The first-order chi connectivity index (χ1) is 17.7. The highest BCUT2D eigenvalue weighted by Gasteiger charge is 2.43. The molecule has 0 bridgehead atoms. The number of aliphatic hydroxyl groups is 2. The maximum absolute atomic E-state index is 14.1. The summed E-state index contributed by atoms with van der Waals surface area (Å²) in [6.45, 7) is 3.45. The van der Waals surface area contributed by atoms with E-state index in [9.17, 15) is 32.2 Å². The first-order valence-electron chi connectivity index (χ1n) is 12.4. The molecule has 1 aliphatic heterocycles. The number of ether oxygens (including phenoxy) is 1. The van der Waals surface area contributed by atoms with Crippen LogP contribution < -0.4 is 10.1 Å². The van der Waals surface area contributed by atoms with Crippen LogP contribution in [0.2, 0.25) is 0 Å². The lowest BCUT2D eigenvalue weighted by Gasteiger charge is -2.42. The van der Waals surface area contributed by atoms with Crippen molar-refractivity contribution in [3.05, 3.63) is 53.6 Å². The topological polar surface area (TPSA) is 92.4 Å². The van der Waals surface area contributed by atoms with Gasteiger partial charge in [0.25, 0.3) is 6.43 Å². The Labute approximate surface area is 215 Å². The summed E-state index contributed by atoms with van der Waals surface area (Å²) in [5.41, 5.74) is -3.06. The van der Waals surface area contributed by atoms with Crippen molar-refractivity contribution in [1.82, 2.24) is 19.9 Å². The number of aromatic nitrogens is 3. The largest absolute Gasteiger partial charge is 0.492 e. The highest BCUT2D eigenvalue weighted by Crippen LogP contribution is 2.45. The van der Waals surface area contributed by atoms with E-state index in [0.717, 1.165) is 6.07 Å². The van der Waals surface area contributed by atoms with Gasteiger partial charge < -0.3 is 24.8 Å². The van der Waals surface area contributed by atoms with E-state index in [-0.39, 0.29) is 47.6 Å². The molecule has 3 aromatic rings. The summed E-state index contributed by atoms with van der Waals surface area (Å²) >= 11 is 0. The van der Waals surface area contributed by atoms with Gasteiger partial charge in [-0.25, -0.2) is 13.8 Å². The molecule has 1 aromatic carbocycles. The molecule has 206 valence electrons. The van der Waals surface area contributed by atoms with Crippen LogP contribution in [-0.4, -0.2) is 49.0 Å². The SMILES string of the molecule is CC1CC(O)(c2ccc(C(F)F)nc2)CC(COc2cc(C(F)(F)F)c3c(c2)ncn3C2CC(C)(O)C2)N1. The monoisotopic (exact) mass is 540 g/mol. The van der Waals surface area contributed by atoms with Crippen LogP contribution in [0.25, 0.3) is 11.0 Å². The van der Waals surface area contributed by atoms with E-state index in [0.29, 0.717) is 24.8 Å². The number of hydrogen-bond donors (Lipinski definition) is 3. The summed E-state index contributed by atoms with van der Waals surface area (Å²) in [7, 11) is 0. The minimum Gasteiger partial charge on any atom is -0.492 e. The molecule has 3 unspecified atom stereocenters. The number of rotatable bonds is 6.